The zero-order valence-electron chi connectivity index (χ0n) is 9.73. The van der Waals surface area contributed by atoms with Crippen LogP contribution in [-0.4, -0.2) is 55.6 Å². The molecule has 0 aliphatic carbocycles. The maximum absolute atomic E-state index is 13.2. The first-order valence-corrected chi connectivity index (χ1v) is 5.18. The van der Waals surface area contributed by atoms with E-state index in [1.54, 1.807) is 0 Å². The lowest BCUT2D eigenvalue weighted by Gasteiger charge is -2.18. The maximum atomic E-state index is 13.2. The molecular weight excluding hydrogens is 236 g/mol. The second-order valence-corrected chi connectivity index (χ2v) is 4.09. The van der Waals surface area contributed by atoms with Gasteiger partial charge < -0.3 is 9.64 Å². The number of amidine groups is 1. The zero-order valence-corrected chi connectivity index (χ0v) is 9.73. The van der Waals surface area contributed by atoms with Crippen molar-refractivity contribution < 1.29 is 18.4 Å². The summed E-state index contributed by atoms with van der Waals surface area (Å²) in [5, 5.41) is 10.3. The van der Waals surface area contributed by atoms with Crippen molar-refractivity contribution in [1.29, 1.82) is 0 Å². The monoisotopic (exact) mass is 251 g/mol. The average Bonchev–Trinajstić information content (AvgIpc) is 2.69. The molecule has 0 aromatic carbocycles. The van der Waals surface area contributed by atoms with Crippen LogP contribution in [0.15, 0.2) is 4.99 Å². The molecule has 0 aromatic rings. The summed E-state index contributed by atoms with van der Waals surface area (Å²) in [7, 11) is 2.61. The Labute approximate surface area is 97.4 Å². The number of alkyl halides is 2. The molecule has 1 fully saturated rings. The van der Waals surface area contributed by atoms with E-state index < -0.39 is 16.8 Å². The molecule has 6 nitrogen and oxygen atoms in total. The van der Waals surface area contributed by atoms with Crippen LogP contribution < -0.4 is 0 Å². The highest BCUT2D eigenvalue weighted by atomic mass is 19.3. The molecule has 17 heavy (non-hydrogen) atoms. The van der Waals surface area contributed by atoms with Crippen LogP contribution in [0.2, 0.25) is 0 Å². The summed E-state index contributed by atoms with van der Waals surface area (Å²) in [6.07, 6.45) is 0.744. The predicted octanol–water partition coefficient (Wildman–Crippen LogP) is 0.853. The molecule has 0 spiro atoms. The van der Waals surface area contributed by atoms with Gasteiger partial charge in [-0.05, 0) is 6.42 Å². The van der Waals surface area contributed by atoms with Crippen LogP contribution in [0, 0.1) is 16.0 Å². The number of nitrogens with zero attached hydrogens (tertiary/aromatic N) is 3. The average molecular weight is 251 g/mol. The van der Waals surface area contributed by atoms with Crippen LogP contribution in [0.5, 0.6) is 0 Å². The number of aliphatic imine (C=N–C) groups is 1. The molecule has 0 saturated carbocycles. The second kappa shape index (κ2) is 5.35. The molecule has 1 unspecified atom stereocenters. The number of likely N-dealkylation sites (N-methyl/N-ethyl adjacent to an activating group) is 1. The van der Waals surface area contributed by atoms with E-state index in [0.29, 0.717) is 13.2 Å². The van der Waals surface area contributed by atoms with E-state index in [-0.39, 0.29) is 12.5 Å². The van der Waals surface area contributed by atoms with Gasteiger partial charge >= 0.3 is 6.05 Å². The lowest BCUT2D eigenvalue weighted by atomic mass is 10.1. The SMILES string of the molecule is CN(C)C(=NCC1CCOC1)C(F)(F)[N+](=O)[O-]. The molecule has 1 heterocycles. The Morgan fingerprint density at radius 3 is 2.71 bits per heavy atom. The molecule has 0 bridgehead atoms. The van der Waals surface area contributed by atoms with Crippen molar-refractivity contribution in [3.05, 3.63) is 10.1 Å². The van der Waals surface area contributed by atoms with E-state index >= 15 is 0 Å². The number of hydrogen-bond donors (Lipinski definition) is 0. The molecule has 0 aromatic heterocycles. The second-order valence-electron chi connectivity index (χ2n) is 4.09. The fourth-order valence-corrected chi connectivity index (χ4v) is 1.53. The molecule has 1 aliphatic heterocycles. The highest BCUT2D eigenvalue weighted by Crippen LogP contribution is 2.19. The van der Waals surface area contributed by atoms with E-state index in [2.05, 4.69) is 4.99 Å². The first kappa shape index (κ1) is 13.8. The highest BCUT2D eigenvalue weighted by Gasteiger charge is 2.52. The van der Waals surface area contributed by atoms with Crippen LogP contribution in [0.1, 0.15) is 6.42 Å². The Morgan fingerprint density at radius 2 is 2.29 bits per heavy atom. The maximum Gasteiger partial charge on any atom is 0.572 e. The molecule has 1 saturated heterocycles. The Hall–Kier alpha value is -1.31. The minimum Gasteiger partial charge on any atom is -0.381 e. The Morgan fingerprint density at radius 1 is 1.65 bits per heavy atom. The summed E-state index contributed by atoms with van der Waals surface area (Å²) in [6.45, 7) is 1.17. The van der Waals surface area contributed by atoms with E-state index in [1.165, 1.54) is 14.1 Å². The van der Waals surface area contributed by atoms with Gasteiger partial charge in [-0.25, -0.2) is 0 Å². The zero-order chi connectivity index (χ0) is 13.1. The Kier molecular flexibility index (Phi) is 4.33. The molecule has 1 aliphatic rings. The fraction of sp³-hybridized carbons (Fsp3) is 0.889. The van der Waals surface area contributed by atoms with Gasteiger partial charge in [0.05, 0.1) is 6.61 Å². The van der Waals surface area contributed by atoms with E-state index in [4.69, 9.17) is 4.74 Å². The fourth-order valence-electron chi connectivity index (χ4n) is 1.53. The Balaban J connectivity index is 2.77. The van der Waals surface area contributed by atoms with Crippen molar-refractivity contribution in [3.8, 4) is 0 Å². The van der Waals surface area contributed by atoms with Crippen molar-refractivity contribution in [1.82, 2.24) is 4.90 Å². The van der Waals surface area contributed by atoms with Gasteiger partial charge in [0.25, 0.3) is 5.84 Å². The van der Waals surface area contributed by atoms with Gasteiger partial charge in [0.1, 0.15) is 4.92 Å². The van der Waals surface area contributed by atoms with E-state index in [0.717, 1.165) is 11.3 Å². The van der Waals surface area contributed by atoms with Gasteiger partial charge in [-0.1, -0.05) is 0 Å². The lowest BCUT2D eigenvalue weighted by Crippen LogP contribution is -2.45. The van der Waals surface area contributed by atoms with Crippen LogP contribution >= 0.6 is 0 Å². The van der Waals surface area contributed by atoms with Crippen LogP contribution in [0.3, 0.4) is 0 Å². The third kappa shape index (κ3) is 3.32. The summed E-state index contributed by atoms with van der Waals surface area (Å²) in [5.74, 6) is -0.762. The summed E-state index contributed by atoms with van der Waals surface area (Å²) in [6, 6.07) is -4.15. The molecule has 0 amide bonds. The van der Waals surface area contributed by atoms with Crippen molar-refractivity contribution in [2.75, 3.05) is 33.9 Å². The molecule has 1 rings (SSSR count). The van der Waals surface area contributed by atoms with Crippen molar-refractivity contribution in [2.45, 2.75) is 12.5 Å². The normalized spacial score (nSPS) is 21.6. The van der Waals surface area contributed by atoms with E-state index in [1.807, 2.05) is 0 Å². The van der Waals surface area contributed by atoms with Gasteiger partial charge in [0, 0.05) is 33.2 Å². The third-order valence-corrected chi connectivity index (χ3v) is 2.45. The number of ether oxygens (including phenoxy) is 1. The van der Waals surface area contributed by atoms with Crippen molar-refractivity contribution >= 4 is 5.84 Å². The van der Waals surface area contributed by atoms with E-state index in [9.17, 15) is 18.9 Å². The summed E-state index contributed by atoms with van der Waals surface area (Å²) >= 11 is 0. The minimum absolute atomic E-state index is 0.0625. The number of nitro groups is 1. The largest absolute Gasteiger partial charge is 0.572 e. The molecule has 0 N–H and O–H groups in total. The van der Waals surface area contributed by atoms with Crippen LogP contribution in [0.4, 0.5) is 8.78 Å². The lowest BCUT2D eigenvalue weighted by molar-refractivity contribution is -0.618. The topological polar surface area (TPSA) is 68.0 Å². The van der Waals surface area contributed by atoms with Crippen LogP contribution in [0.25, 0.3) is 0 Å². The van der Waals surface area contributed by atoms with Crippen molar-refractivity contribution in [3.63, 3.8) is 0 Å². The predicted molar refractivity (Wildman–Crippen MR) is 56.9 cm³/mol. The van der Waals surface area contributed by atoms with Gasteiger partial charge in [-0.2, -0.15) is 0 Å². The minimum atomic E-state index is -4.15. The quantitative estimate of drug-likeness (QED) is 0.244. The number of rotatable bonds is 4. The van der Waals surface area contributed by atoms with Gasteiger partial charge in [-0.3, -0.25) is 15.1 Å². The molecule has 0 radical (unpaired) electrons. The summed E-state index contributed by atoms with van der Waals surface area (Å²) in [4.78, 5) is 13.3. The standard InChI is InChI=1S/C9H15F2N3O3/c1-13(2)8(9(10,11)14(15)16)12-5-7-3-4-17-6-7/h7H,3-6H2,1-2H3. The smallest absolute Gasteiger partial charge is 0.381 e. The van der Waals surface area contributed by atoms with Gasteiger partial charge in [-0.15, -0.1) is 8.78 Å². The highest BCUT2D eigenvalue weighted by molar-refractivity contribution is 5.87. The van der Waals surface area contributed by atoms with Gasteiger partial charge in [0.2, 0.25) is 0 Å². The first-order chi connectivity index (χ1) is 7.85. The third-order valence-electron chi connectivity index (χ3n) is 2.45. The Bertz CT molecular complexity index is 315. The number of halogens is 2. The summed E-state index contributed by atoms with van der Waals surface area (Å²) in [5.41, 5.74) is 0. The molecule has 8 heteroatoms. The van der Waals surface area contributed by atoms with Crippen LogP contribution in [-0.2, 0) is 4.74 Å². The molecule has 98 valence electrons. The molecule has 1 atom stereocenters. The van der Waals surface area contributed by atoms with Gasteiger partial charge in [0.15, 0.2) is 0 Å². The summed E-state index contributed by atoms with van der Waals surface area (Å²) < 4.78 is 31.5. The first-order valence-electron chi connectivity index (χ1n) is 5.18. The molecular formula is C9H15F2N3O3. The number of hydrogen-bond acceptors (Lipinski definition) is 4. The van der Waals surface area contributed by atoms with Crippen molar-refractivity contribution in [2.24, 2.45) is 10.9 Å².